The molecule has 9 aromatic carbocycles. The molecule has 467 valence electrons. The summed E-state index contributed by atoms with van der Waals surface area (Å²) in [5.74, 6) is 2.10. The third kappa shape index (κ3) is 16.2. The van der Waals surface area contributed by atoms with Crippen LogP contribution in [0.3, 0.4) is 0 Å². The number of hydrogen-bond donors (Lipinski definition) is 0. The number of rotatable bonds is 5. The van der Waals surface area contributed by atoms with Gasteiger partial charge in [0.05, 0.1) is 34.0 Å². The van der Waals surface area contributed by atoms with E-state index in [1.54, 1.807) is 24.8 Å². The van der Waals surface area contributed by atoms with Gasteiger partial charge in [-0.15, -0.1) is 177 Å². The van der Waals surface area contributed by atoms with Crippen LogP contribution in [0.25, 0.3) is 132 Å². The summed E-state index contributed by atoms with van der Waals surface area (Å²) in [7, 11) is 0. The van der Waals surface area contributed by atoms with Crippen LogP contribution in [0.2, 0.25) is 0 Å². The van der Waals surface area contributed by atoms with Gasteiger partial charge in [0.2, 0.25) is 0 Å². The van der Waals surface area contributed by atoms with Gasteiger partial charge in [-0.05, 0) is 75.4 Å². The first-order chi connectivity index (χ1) is 45.2. The second kappa shape index (κ2) is 32.0. The van der Waals surface area contributed by atoms with Gasteiger partial charge in [-0.25, -0.2) is 0 Å². The van der Waals surface area contributed by atoms with Crippen LogP contribution in [0.15, 0.2) is 268 Å². The van der Waals surface area contributed by atoms with Crippen LogP contribution in [-0.4, -0.2) is 54.8 Å². The average molecular weight is 1760 g/mol. The van der Waals surface area contributed by atoms with E-state index in [-0.39, 0.29) is 60.3 Å². The molecule has 0 spiro atoms. The average Bonchev–Trinajstić information content (AvgIpc) is 0.835. The van der Waals surface area contributed by atoms with Crippen LogP contribution in [-0.2, 0) is 60.3 Å². The molecular weight excluding hydrogens is 1700 g/mol. The van der Waals surface area contributed by atoms with Crippen LogP contribution in [0.5, 0.6) is 0 Å². The number of aryl methyl sites for hydroxylation is 4. The molecule has 0 saturated carbocycles. The molecule has 95 heavy (non-hydrogen) atoms. The van der Waals surface area contributed by atoms with E-state index in [1.165, 1.54) is 21.9 Å². The Bertz CT molecular complexity index is 5220. The first-order valence-electron chi connectivity index (χ1n) is 29.9. The predicted molar refractivity (Wildman–Crippen MR) is 371 cm³/mol. The standard InChI is InChI=1S/3C17H10N3.C17H14N.C13H12N.3Ir/c2*1-2-4-12(5-3-1)17-19-11-15-14-8-9-18-10-13(14)6-7-16(15)20-17;1-2-4-12(5-3-1)17-19-11-14-7-6-13-10-18-9-8-15(13)16(14)20-17;1-12-9-13(2)11-15(10-12)17-16-6-4-3-5-14(16)7-8-18-17;1-10-7-11(2)9-12(8-10)13-5-3-4-6-14-13;;;/h3*1-4,6-11H;3-10H,1-2H3;3-8H,1-2H3;;;/q5*-1;;;. The maximum Gasteiger partial charge on any atom is 0.0756 e. The first-order valence-corrected chi connectivity index (χ1v) is 29.9. The van der Waals surface area contributed by atoms with Gasteiger partial charge in [0.1, 0.15) is 0 Å². The number of fused-ring (bicyclic) bond motifs is 10. The van der Waals surface area contributed by atoms with Gasteiger partial charge in [-0.2, -0.15) is 0 Å². The second-order valence-corrected chi connectivity index (χ2v) is 21.8. The van der Waals surface area contributed by atoms with Crippen molar-refractivity contribution >= 4 is 75.8 Å². The van der Waals surface area contributed by atoms with E-state index in [0.29, 0.717) is 17.5 Å². The first kappa shape index (κ1) is 67.6. The van der Waals surface area contributed by atoms with E-state index in [9.17, 15) is 0 Å². The summed E-state index contributed by atoms with van der Waals surface area (Å²) in [6.45, 7) is 8.32. The molecule has 0 saturated heterocycles. The molecular formula is C81H56Ir3N11-5. The van der Waals surface area contributed by atoms with Gasteiger partial charge >= 0.3 is 0 Å². The fourth-order valence-electron chi connectivity index (χ4n) is 10.9. The zero-order chi connectivity index (χ0) is 62.6. The van der Waals surface area contributed by atoms with Crippen molar-refractivity contribution in [2.75, 3.05) is 0 Å². The number of hydrogen-bond acceptors (Lipinski definition) is 11. The summed E-state index contributed by atoms with van der Waals surface area (Å²) in [6, 6.07) is 82.3. The van der Waals surface area contributed by atoms with Gasteiger partial charge in [-0.3, -0.25) is 44.9 Å². The van der Waals surface area contributed by atoms with E-state index in [2.05, 4.69) is 156 Å². The topological polar surface area (TPSA) is 142 Å². The van der Waals surface area contributed by atoms with Crippen molar-refractivity contribution in [3.63, 3.8) is 0 Å². The number of aromatic nitrogens is 11. The van der Waals surface area contributed by atoms with Crippen LogP contribution in [0.1, 0.15) is 22.3 Å². The van der Waals surface area contributed by atoms with Crippen molar-refractivity contribution in [3.05, 3.63) is 321 Å². The van der Waals surface area contributed by atoms with Gasteiger partial charge in [0.15, 0.2) is 0 Å². The van der Waals surface area contributed by atoms with Crippen molar-refractivity contribution in [1.29, 1.82) is 0 Å². The van der Waals surface area contributed by atoms with Gasteiger partial charge in [-0.1, -0.05) is 88.4 Å². The Morgan fingerprint density at radius 3 is 1.31 bits per heavy atom. The van der Waals surface area contributed by atoms with Gasteiger partial charge in [0, 0.05) is 166 Å². The summed E-state index contributed by atoms with van der Waals surface area (Å²) in [5.41, 5.74) is 14.5. The van der Waals surface area contributed by atoms with Crippen molar-refractivity contribution in [3.8, 4) is 56.7 Å². The Kier molecular flexibility index (Phi) is 22.8. The summed E-state index contributed by atoms with van der Waals surface area (Å²) >= 11 is 0. The smallest absolute Gasteiger partial charge is 0.0756 e. The van der Waals surface area contributed by atoms with E-state index >= 15 is 0 Å². The normalized spacial score (nSPS) is 10.5. The molecule has 8 heterocycles. The minimum Gasteiger partial charge on any atom is -0.305 e. The van der Waals surface area contributed by atoms with E-state index < -0.39 is 0 Å². The van der Waals surface area contributed by atoms with Gasteiger partial charge in [0.25, 0.3) is 0 Å². The fraction of sp³-hybridized carbons (Fsp3) is 0.0494. The number of pyridine rings is 5. The SMILES string of the molecule is Cc1[c-]c(-c2ccccn2)cc(C)c1.Cc1[c-]c(-c2nccc3ccccc23)cc(C)c1.[Ir].[Ir].[Ir].[c-]1ccccc1-c1ncc2c(ccc3cnccc32)n1.[c-]1ccccc1-c1ncc2c(ccc3cnccc32)n1.[c-]1ccccc1-c1ncc2ccc3cnccc3c2n1. The second-order valence-electron chi connectivity index (χ2n) is 21.8. The van der Waals surface area contributed by atoms with E-state index in [4.69, 9.17) is 4.98 Å². The minimum absolute atomic E-state index is 0. The third-order valence-electron chi connectivity index (χ3n) is 15.1. The Morgan fingerprint density at radius 1 is 0.295 bits per heavy atom. The van der Waals surface area contributed by atoms with Crippen LogP contribution in [0, 0.1) is 58.0 Å². The molecule has 0 N–H and O–H groups in total. The Labute approximate surface area is 591 Å². The Balaban J connectivity index is 0.000000129. The molecule has 0 bridgehead atoms. The summed E-state index contributed by atoms with van der Waals surface area (Å²) in [4.78, 5) is 48.6. The molecule has 8 aromatic heterocycles. The van der Waals surface area contributed by atoms with Crippen LogP contribution >= 0.6 is 0 Å². The summed E-state index contributed by atoms with van der Waals surface area (Å²) < 4.78 is 0. The number of nitrogens with zero attached hydrogens (tertiary/aromatic N) is 11. The maximum absolute atomic E-state index is 4.70. The van der Waals surface area contributed by atoms with E-state index in [0.717, 1.165) is 115 Å². The fourth-order valence-corrected chi connectivity index (χ4v) is 10.9. The molecule has 0 aliphatic heterocycles. The Morgan fingerprint density at radius 2 is 0.768 bits per heavy atom. The third-order valence-corrected chi connectivity index (χ3v) is 15.1. The van der Waals surface area contributed by atoms with Crippen molar-refractivity contribution < 1.29 is 60.3 Å². The van der Waals surface area contributed by atoms with Crippen LogP contribution < -0.4 is 0 Å². The molecule has 0 atom stereocenters. The van der Waals surface area contributed by atoms with E-state index in [1.807, 2.05) is 195 Å². The molecule has 0 fully saturated rings. The molecule has 17 aromatic rings. The summed E-state index contributed by atoms with van der Waals surface area (Å²) in [6.07, 6.45) is 20.2. The molecule has 0 unspecified atom stereocenters. The number of benzene rings is 9. The monoisotopic (exact) mass is 1760 g/mol. The largest absolute Gasteiger partial charge is 0.305 e. The van der Waals surface area contributed by atoms with Crippen LogP contribution in [0.4, 0.5) is 0 Å². The molecule has 17 rings (SSSR count). The Hall–Kier alpha value is -10.3. The molecule has 0 aliphatic carbocycles. The molecule has 0 amide bonds. The van der Waals surface area contributed by atoms with Crippen molar-refractivity contribution in [1.82, 2.24) is 54.8 Å². The predicted octanol–water partition coefficient (Wildman–Crippen LogP) is 18.4. The van der Waals surface area contributed by atoms with Crippen molar-refractivity contribution in [2.45, 2.75) is 27.7 Å². The molecule has 11 nitrogen and oxygen atoms in total. The quantitative estimate of drug-likeness (QED) is 0.120. The summed E-state index contributed by atoms with van der Waals surface area (Å²) in [5, 5.41) is 12.2. The zero-order valence-corrected chi connectivity index (χ0v) is 59.0. The minimum atomic E-state index is 0. The molecule has 14 heteroatoms. The molecule has 3 radical (unpaired) electrons. The van der Waals surface area contributed by atoms with Crippen molar-refractivity contribution in [2.24, 2.45) is 0 Å². The van der Waals surface area contributed by atoms with Gasteiger partial charge < -0.3 is 9.97 Å². The zero-order valence-electron chi connectivity index (χ0n) is 51.8. The maximum atomic E-state index is 4.70. The molecule has 0 aliphatic rings.